The van der Waals surface area contributed by atoms with E-state index in [1.807, 2.05) is 6.08 Å². The number of hydrogen-bond donors (Lipinski definition) is 1. The summed E-state index contributed by atoms with van der Waals surface area (Å²) in [5.41, 5.74) is 0. The lowest BCUT2D eigenvalue weighted by atomic mass is 9.95. The first-order valence-corrected chi connectivity index (χ1v) is 4.18. The van der Waals surface area contributed by atoms with Gasteiger partial charge in [-0.2, -0.15) is 0 Å². The van der Waals surface area contributed by atoms with Crippen molar-refractivity contribution in [3.05, 3.63) is 12.2 Å². The third-order valence-electron chi connectivity index (χ3n) is 2.11. The van der Waals surface area contributed by atoms with Crippen LogP contribution in [-0.4, -0.2) is 11.1 Å². The molecular formula is C9H14O2. The van der Waals surface area contributed by atoms with Crippen LogP contribution in [0.5, 0.6) is 0 Å². The summed E-state index contributed by atoms with van der Waals surface area (Å²) >= 11 is 0. The Kier molecular flexibility index (Phi) is 3.14. The Bertz CT molecular complexity index is 161. The van der Waals surface area contributed by atoms with Crippen molar-refractivity contribution in [2.45, 2.75) is 32.1 Å². The number of carboxylic acids is 1. The summed E-state index contributed by atoms with van der Waals surface area (Å²) in [6.45, 7) is 0. The summed E-state index contributed by atoms with van der Waals surface area (Å²) < 4.78 is 0. The zero-order valence-electron chi connectivity index (χ0n) is 6.62. The highest BCUT2D eigenvalue weighted by Gasteiger charge is 2.15. The fourth-order valence-corrected chi connectivity index (χ4v) is 1.37. The maximum atomic E-state index is 10.6. The molecule has 1 atom stereocenters. The van der Waals surface area contributed by atoms with E-state index in [9.17, 15) is 4.79 Å². The van der Waals surface area contributed by atoms with Gasteiger partial charge in [-0.1, -0.05) is 18.6 Å². The van der Waals surface area contributed by atoms with Crippen LogP contribution in [0.25, 0.3) is 0 Å². The van der Waals surface area contributed by atoms with E-state index < -0.39 is 5.97 Å². The lowest BCUT2D eigenvalue weighted by molar-refractivity contribution is -0.141. The molecular weight excluding hydrogens is 140 g/mol. The Hall–Kier alpha value is -0.790. The van der Waals surface area contributed by atoms with Crippen LogP contribution in [0.2, 0.25) is 0 Å². The highest BCUT2D eigenvalue weighted by molar-refractivity contribution is 5.70. The molecule has 0 aromatic heterocycles. The molecule has 1 aliphatic rings. The van der Waals surface area contributed by atoms with Crippen molar-refractivity contribution in [3.8, 4) is 0 Å². The second kappa shape index (κ2) is 4.16. The normalized spacial score (nSPS) is 25.6. The molecule has 0 saturated carbocycles. The summed E-state index contributed by atoms with van der Waals surface area (Å²) in [4.78, 5) is 10.6. The Morgan fingerprint density at radius 2 is 2.18 bits per heavy atom. The predicted octanol–water partition coefficient (Wildman–Crippen LogP) is 2.21. The highest BCUT2D eigenvalue weighted by Crippen LogP contribution is 2.17. The fraction of sp³-hybridized carbons (Fsp3) is 0.667. The van der Waals surface area contributed by atoms with Crippen LogP contribution < -0.4 is 0 Å². The smallest absolute Gasteiger partial charge is 0.306 e. The van der Waals surface area contributed by atoms with Crippen LogP contribution >= 0.6 is 0 Å². The molecule has 0 fully saturated rings. The second-order valence-electron chi connectivity index (χ2n) is 3.03. The van der Waals surface area contributed by atoms with Gasteiger partial charge >= 0.3 is 5.97 Å². The second-order valence-corrected chi connectivity index (χ2v) is 3.03. The van der Waals surface area contributed by atoms with Crippen LogP contribution in [0.3, 0.4) is 0 Å². The minimum absolute atomic E-state index is 0.133. The molecule has 0 heterocycles. The van der Waals surface area contributed by atoms with Gasteiger partial charge in [0.1, 0.15) is 0 Å². The molecule has 0 amide bonds. The summed E-state index contributed by atoms with van der Waals surface area (Å²) in [6, 6.07) is 0. The van der Waals surface area contributed by atoms with Gasteiger partial charge in [-0.25, -0.2) is 0 Å². The Morgan fingerprint density at radius 1 is 1.36 bits per heavy atom. The van der Waals surface area contributed by atoms with Crippen LogP contribution in [0.15, 0.2) is 12.2 Å². The van der Waals surface area contributed by atoms with Gasteiger partial charge in [0, 0.05) is 0 Å². The maximum Gasteiger partial charge on any atom is 0.306 e. The van der Waals surface area contributed by atoms with E-state index in [0.717, 1.165) is 32.1 Å². The van der Waals surface area contributed by atoms with Gasteiger partial charge in [0.2, 0.25) is 0 Å². The van der Waals surface area contributed by atoms with Crippen molar-refractivity contribution in [2.24, 2.45) is 5.92 Å². The number of aliphatic carboxylic acids is 1. The first-order chi connectivity index (χ1) is 5.30. The molecule has 1 unspecified atom stereocenters. The molecule has 1 rings (SSSR count). The number of rotatable bonds is 1. The van der Waals surface area contributed by atoms with Crippen molar-refractivity contribution in [2.75, 3.05) is 0 Å². The fourth-order valence-electron chi connectivity index (χ4n) is 1.37. The van der Waals surface area contributed by atoms with E-state index in [1.165, 1.54) is 0 Å². The Morgan fingerprint density at radius 3 is 2.91 bits per heavy atom. The third-order valence-corrected chi connectivity index (χ3v) is 2.11. The highest BCUT2D eigenvalue weighted by atomic mass is 16.4. The first-order valence-electron chi connectivity index (χ1n) is 4.18. The predicted molar refractivity (Wildman–Crippen MR) is 43.4 cm³/mol. The largest absolute Gasteiger partial charge is 0.481 e. The van der Waals surface area contributed by atoms with Crippen molar-refractivity contribution >= 4 is 5.97 Å². The molecule has 1 aliphatic carbocycles. The van der Waals surface area contributed by atoms with Gasteiger partial charge in [0.25, 0.3) is 0 Å². The third kappa shape index (κ3) is 2.74. The van der Waals surface area contributed by atoms with E-state index in [2.05, 4.69) is 6.08 Å². The lowest BCUT2D eigenvalue weighted by Crippen LogP contribution is -2.13. The van der Waals surface area contributed by atoms with Crippen molar-refractivity contribution in [1.29, 1.82) is 0 Å². The molecule has 62 valence electrons. The number of carboxylic acid groups (broad SMARTS) is 1. The van der Waals surface area contributed by atoms with Gasteiger partial charge in [0.15, 0.2) is 0 Å². The molecule has 0 aromatic carbocycles. The Labute approximate surface area is 66.9 Å². The SMILES string of the molecule is O=C(O)C1CC=CCCCC1. The monoisotopic (exact) mass is 154 g/mol. The van der Waals surface area contributed by atoms with E-state index >= 15 is 0 Å². The molecule has 11 heavy (non-hydrogen) atoms. The van der Waals surface area contributed by atoms with E-state index in [0.29, 0.717) is 0 Å². The van der Waals surface area contributed by atoms with Crippen LogP contribution in [0.4, 0.5) is 0 Å². The van der Waals surface area contributed by atoms with E-state index in [1.54, 1.807) is 0 Å². The van der Waals surface area contributed by atoms with E-state index in [4.69, 9.17) is 5.11 Å². The van der Waals surface area contributed by atoms with Crippen LogP contribution in [0, 0.1) is 5.92 Å². The molecule has 2 heteroatoms. The average molecular weight is 154 g/mol. The number of hydrogen-bond acceptors (Lipinski definition) is 1. The minimum Gasteiger partial charge on any atom is -0.481 e. The molecule has 1 N–H and O–H groups in total. The van der Waals surface area contributed by atoms with Gasteiger partial charge in [-0.05, 0) is 25.7 Å². The van der Waals surface area contributed by atoms with E-state index in [-0.39, 0.29) is 5.92 Å². The lowest BCUT2D eigenvalue weighted by Gasteiger charge is -2.11. The summed E-state index contributed by atoms with van der Waals surface area (Å²) in [7, 11) is 0. The zero-order valence-corrected chi connectivity index (χ0v) is 6.62. The summed E-state index contributed by atoms with van der Waals surface area (Å²) in [5.74, 6) is -0.775. The maximum absolute atomic E-state index is 10.6. The standard InChI is InChI=1S/C9H14O2/c10-9(11)8-6-4-2-1-3-5-7-8/h2,4,8H,1,3,5-7H2,(H,10,11). The van der Waals surface area contributed by atoms with Gasteiger partial charge < -0.3 is 5.11 Å². The summed E-state index contributed by atoms with van der Waals surface area (Å²) in [5, 5.41) is 8.72. The quantitative estimate of drug-likeness (QED) is 0.588. The van der Waals surface area contributed by atoms with Crippen molar-refractivity contribution < 1.29 is 9.90 Å². The molecule has 0 radical (unpaired) electrons. The molecule has 0 saturated heterocycles. The van der Waals surface area contributed by atoms with Crippen LogP contribution in [0.1, 0.15) is 32.1 Å². The number of allylic oxidation sites excluding steroid dienone is 2. The van der Waals surface area contributed by atoms with Crippen molar-refractivity contribution in [1.82, 2.24) is 0 Å². The van der Waals surface area contributed by atoms with Gasteiger partial charge in [-0.15, -0.1) is 0 Å². The van der Waals surface area contributed by atoms with Crippen LogP contribution in [-0.2, 0) is 4.79 Å². The molecule has 0 aliphatic heterocycles. The van der Waals surface area contributed by atoms with Crippen molar-refractivity contribution in [3.63, 3.8) is 0 Å². The molecule has 0 bridgehead atoms. The summed E-state index contributed by atoms with van der Waals surface area (Å²) in [6.07, 6.45) is 8.97. The first kappa shape index (κ1) is 8.31. The van der Waals surface area contributed by atoms with Gasteiger partial charge in [0.05, 0.1) is 5.92 Å². The average Bonchev–Trinajstić information content (AvgIpc) is 1.84. The number of carbonyl (C=O) groups is 1. The minimum atomic E-state index is -0.642. The van der Waals surface area contributed by atoms with Gasteiger partial charge in [-0.3, -0.25) is 4.79 Å². The molecule has 0 spiro atoms. The zero-order chi connectivity index (χ0) is 8.10. The molecule has 2 nitrogen and oxygen atoms in total. The molecule has 0 aromatic rings. The Balaban J connectivity index is 2.45. The topological polar surface area (TPSA) is 37.3 Å².